The van der Waals surface area contributed by atoms with Gasteiger partial charge in [0.05, 0.1) is 6.61 Å². The van der Waals surface area contributed by atoms with Crippen LogP contribution in [0.2, 0.25) is 0 Å². The van der Waals surface area contributed by atoms with Crippen molar-refractivity contribution in [2.75, 3.05) is 6.61 Å². The van der Waals surface area contributed by atoms with E-state index in [0.29, 0.717) is 13.0 Å². The normalized spacial score (nSPS) is 10.3. The van der Waals surface area contributed by atoms with Crippen LogP contribution in [0.3, 0.4) is 0 Å². The van der Waals surface area contributed by atoms with E-state index in [0.717, 1.165) is 37.8 Å². The molecule has 0 unspecified atom stereocenters. The summed E-state index contributed by atoms with van der Waals surface area (Å²) in [5, 5.41) is 16.9. The quantitative estimate of drug-likeness (QED) is 0.0292. The van der Waals surface area contributed by atoms with Gasteiger partial charge >= 0.3 is 100 Å². The van der Waals surface area contributed by atoms with Crippen LogP contribution >= 0.6 is 0 Å². The number of hydrogen-bond acceptors (Lipinski definition) is 4. The molecule has 0 aliphatic rings. The van der Waals surface area contributed by atoms with Gasteiger partial charge in [-0.1, -0.05) is 200 Å². The molecule has 0 heterocycles. The monoisotopic (exact) mass is 727 g/mol. The van der Waals surface area contributed by atoms with Gasteiger partial charge in [0.25, 0.3) is 0 Å². The Morgan fingerprint density at radius 3 is 0.959 bits per heavy atom. The van der Waals surface area contributed by atoms with Crippen molar-refractivity contribution in [1.29, 1.82) is 0 Å². The molecule has 6 nitrogen and oxygen atoms in total. The zero-order chi connectivity index (χ0) is 34.2. The van der Waals surface area contributed by atoms with Crippen molar-refractivity contribution >= 4 is 100 Å². The molecule has 0 saturated carbocycles. The molecule has 0 saturated heterocycles. The van der Waals surface area contributed by atoms with E-state index in [1.807, 2.05) is 0 Å². The summed E-state index contributed by atoms with van der Waals surface area (Å²) < 4.78 is 4.92. The van der Waals surface area contributed by atoms with Crippen molar-refractivity contribution in [2.24, 2.45) is 0 Å². The van der Waals surface area contributed by atoms with Gasteiger partial charge in [-0.2, -0.15) is 0 Å². The third-order valence-corrected chi connectivity index (χ3v) is 8.60. The molecule has 0 spiro atoms. The molecule has 0 fully saturated rings. The van der Waals surface area contributed by atoms with Crippen LogP contribution in [0.4, 0.5) is 0 Å². The number of aliphatic carboxylic acids is 2. The molecule has 0 aliphatic carbocycles. The van der Waals surface area contributed by atoms with Crippen LogP contribution in [0, 0.1) is 0 Å². The van der Waals surface area contributed by atoms with Crippen molar-refractivity contribution in [1.82, 2.24) is 0 Å². The van der Waals surface area contributed by atoms with Gasteiger partial charge in [-0.25, -0.2) is 9.59 Å². The Labute approximate surface area is 364 Å². The van der Waals surface area contributed by atoms with Crippen molar-refractivity contribution in [3.8, 4) is 0 Å². The first-order chi connectivity index (χ1) is 22.4. The van der Waals surface area contributed by atoms with Crippen LogP contribution < -0.4 is 0 Å². The Bertz CT molecular complexity index is 694. The third-order valence-electron chi connectivity index (χ3n) is 8.60. The predicted molar refractivity (Wildman–Crippen MR) is 217 cm³/mol. The van der Waals surface area contributed by atoms with Gasteiger partial charge in [-0.15, -0.1) is 0 Å². The van der Waals surface area contributed by atoms with E-state index in [1.165, 1.54) is 173 Å². The summed E-state index contributed by atoms with van der Waals surface area (Å²) in [5.41, 5.74) is 0. The van der Waals surface area contributed by atoms with Crippen molar-refractivity contribution in [3.63, 3.8) is 0 Å². The van der Waals surface area contributed by atoms with E-state index >= 15 is 0 Å². The van der Waals surface area contributed by atoms with Gasteiger partial charge in [-0.05, 0) is 12.8 Å². The standard InChI is InChI=1S/C22H40O4.C18H36O2.Mg.2Na.4H/c1-2-3-4-5-6-7-8-9-10-11-12-13-14-15-16-17-20-26-22(25)19-18-21(23)24;1-2-3-4-5-6-7-8-9-10-11-12-13-14-15-16-17-18(19)20;;;;;;;/h18-19H,2-17,20H2,1H3,(H,23,24);2-17H2,1H3,(H,19,20);;;;;;;. The number of unbranched alkanes of at least 4 members (excludes halogenated alkanes) is 29. The number of carbonyl (C=O) groups excluding carboxylic acids is 1. The van der Waals surface area contributed by atoms with Crippen LogP contribution in [0.5, 0.6) is 0 Å². The minimum atomic E-state index is -1.13. The minimum absolute atomic E-state index is 0. The Hall–Kier alpha value is 0.916. The van der Waals surface area contributed by atoms with Gasteiger partial charge in [0.15, 0.2) is 0 Å². The molecular weight excluding hydrogens is 647 g/mol. The molecule has 0 amide bonds. The van der Waals surface area contributed by atoms with E-state index in [4.69, 9.17) is 14.9 Å². The fourth-order valence-corrected chi connectivity index (χ4v) is 5.66. The summed E-state index contributed by atoms with van der Waals surface area (Å²) >= 11 is 0. The van der Waals surface area contributed by atoms with E-state index in [9.17, 15) is 14.4 Å². The number of carboxylic acids is 2. The Morgan fingerprint density at radius 1 is 0.429 bits per heavy atom. The Balaban J connectivity index is -0.000000256. The summed E-state index contributed by atoms with van der Waals surface area (Å²) in [6, 6.07) is 0. The summed E-state index contributed by atoms with van der Waals surface area (Å²) in [5.74, 6) is -2.36. The van der Waals surface area contributed by atoms with E-state index in [1.54, 1.807) is 0 Å². The summed E-state index contributed by atoms with van der Waals surface area (Å²) in [6.45, 7) is 4.91. The van der Waals surface area contributed by atoms with Crippen LogP contribution in [-0.2, 0) is 19.1 Å². The van der Waals surface area contributed by atoms with Gasteiger partial charge in [0.2, 0.25) is 0 Å². The first-order valence-corrected chi connectivity index (χ1v) is 19.7. The first-order valence-electron chi connectivity index (χ1n) is 19.7. The second kappa shape index (κ2) is 53.3. The molecular formula is C40H80MgNa2O6. The second-order valence-electron chi connectivity index (χ2n) is 13.2. The maximum atomic E-state index is 11.1. The van der Waals surface area contributed by atoms with Gasteiger partial charge in [0, 0.05) is 18.6 Å². The molecule has 0 aromatic carbocycles. The number of carbonyl (C=O) groups is 3. The number of ether oxygens (including phenoxy) is 1. The summed E-state index contributed by atoms with van der Waals surface area (Å²) in [7, 11) is 0. The number of carboxylic acid groups (broad SMARTS) is 2. The van der Waals surface area contributed by atoms with E-state index < -0.39 is 17.9 Å². The van der Waals surface area contributed by atoms with Gasteiger partial charge < -0.3 is 14.9 Å². The molecule has 0 rings (SSSR count). The first kappa shape index (κ1) is 59.2. The maximum absolute atomic E-state index is 11.1. The average molecular weight is 727 g/mol. The van der Waals surface area contributed by atoms with Crippen LogP contribution in [0.15, 0.2) is 12.2 Å². The average Bonchev–Trinajstić information content (AvgIpc) is 3.03. The number of rotatable bonds is 35. The molecule has 0 bridgehead atoms. The van der Waals surface area contributed by atoms with E-state index in [2.05, 4.69) is 13.8 Å². The Kier molecular flexibility index (Phi) is 64.4. The number of hydrogen-bond donors (Lipinski definition) is 2. The topological polar surface area (TPSA) is 101 Å². The molecule has 9 heteroatoms. The molecule has 0 aliphatic heterocycles. The van der Waals surface area contributed by atoms with Crippen molar-refractivity contribution in [2.45, 2.75) is 219 Å². The molecule has 280 valence electrons. The molecule has 2 N–H and O–H groups in total. The van der Waals surface area contributed by atoms with E-state index in [-0.39, 0.29) is 82.2 Å². The Morgan fingerprint density at radius 2 is 0.694 bits per heavy atom. The van der Waals surface area contributed by atoms with Gasteiger partial charge in [0.1, 0.15) is 0 Å². The fraction of sp³-hybridized carbons (Fsp3) is 0.875. The molecule has 0 aromatic rings. The molecule has 0 atom stereocenters. The number of esters is 1. The van der Waals surface area contributed by atoms with Crippen LogP contribution in [0.25, 0.3) is 0 Å². The molecule has 49 heavy (non-hydrogen) atoms. The second-order valence-corrected chi connectivity index (χ2v) is 13.2. The third kappa shape index (κ3) is 61.3. The molecule has 0 radical (unpaired) electrons. The van der Waals surface area contributed by atoms with Crippen LogP contribution in [-0.4, -0.2) is 117 Å². The fourth-order valence-electron chi connectivity index (χ4n) is 5.66. The van der Waals surface area contributed by atoms with Crippen LogP contribution in [0.1, 0.15) is 219 Å². The molecule has 0 aromatic heterocycles. The predicted octanol–water partition coefficient (Wildman–Crippen LogP) is 10.6. The zero-order valence-electron chi connectivity index (χ0n) is 30.5. The SMILES string of the molecule is CCCCCCCCCCCCCCCCCC(=O)O.CCCCCCCCCCCCCCCCCCOC(=O)C=CC(=O)O.[MgH2].[NaH].[NaH]. The van der Waals surface area contributed by atoms with Gasteiger partial charge in [-0.3, -0.25) is 4.79 Å². The summed E-state index contributed by atoms with van der Waals surface area (Å²) in [6.07, 6.45) is 42.9. The van der Waals surface area contributed by atoms with Crippen molar-refractivity contribution < 1.29 is 29.3 Å². The summed E-state index contributed by atoms with van der Waals surface area (Å²) in [4.78, 5) is 31.7. The van der Waals surface area contributed by atoms with Crippen molar-refractivity contribution in [3.05, 3.63) is 12.2 Å². The zero-order valence-corrected chi connectivity index (χ0v) is 30.5.